The van der Waals surface area contributed by atoms with Crippen LogP contribution >= 0.6 is 0 Å². The molecule has 1 aliphatic carbocycles. The first-order valence-electron chi connectivity index (χ1n) is 12.1. The minimum atomic E-state index is -0.957. The molecule has 33 heavy (non-hydrogen) atoms. The molecule has 0 radical (unpaired) electrons. The van der Waals surface area contributed by atoms with Gasteiger partial charge in [0.15, 0.2) is 0 Å². The maximum atomic E-state index is 13.1. The molecule has 174 valence electrons. The number of carbonyl (C=O) groups is 2. The molecule has 1 N–H and O–H groups in total. The molecule has 1 saturated carbocycles. The average molecular weight is 448 g/mol. The van der Waals surface area contributed by atoms with E-state index in [9.17, 15) is 14.7 Å². The highest BCUT2D eigenvalue weighted by Gasteiger charge is 2.56. The van der Waals surface area contributed by atoms with Crippen molar-refractivity contribution < 1.29 is 14.7 Å². The molecule has 5 rings (SSSR count). The molecule has 1 atom stereocenters. The number of amides is 2. The summed E-state index contributed by atoms with van der Waals surface area (Å²) < 4.78 is 0. The highest BCUT2D eigenvalue weighted by molar-refractivity contribution is 5.94. The molecule has 2 aromatic rings. The second-order valence-electron chi connectivity index (χ2n) is 9.93. The van der Waals surface area contributed by atoms with Gasteiger partial charge in [-0.25, -0.2) is 0 Å². The Hall–Kier alpha value is -2.86. The van der Waals surface area contributed by atoms with Gasteiger partial charge in [-0.2, -0.15) is 0 Å². The van der Waals surface area contributed by atoms with Crippen molar-refractivity contribution in [1.29, 1.82) is 0 Å². The number of carbonyl (C=O) groups excluding carboxylic acids is 2. The normalized spacial score (nSPS) is 25.0. The van der Waals surface area contributed by atoms with Crippen LogP contribution in [0.1, 0.15) is 42.5 Å². The van der Waals surface area contributed by atoms with Crippen molar-refractivity contribution in [3.05, 3.63) is 66.2 Å². The van der Waals surface area contributed by atoms with E-state index in [-0.39, 0.29) is 17.2 Å². The van der Waals surface area contributed by atoms with E-state index in [4.69, 9.17) is 0 Å². The van der Waals surface area contributed by atoms with Gasteiger partial charge >= 0.3 is 0 Å². The molecular weight excluding hydrogens is 414 g/mol. The van der Waals surface area contributed by atoms with Crippen LogP contribution in [0.25, 0.3) is 0 Å². The minimum absolute atomic E-state index is 0.0384. The Morgan fingerprint density at radius 2 is 1.55 bits per heavy atom. The van der Waals surface area contributed by atoms with Crippen LogP contribution in [0.15, 0.2) is 60.7 Å². The lowest BCUT2D eigenvalue weighted by Gasteiger charge is -2.54. The average Bonchev–Trinajstić information content (AvgIpc) is 3.33. The first kappa shape index (κ1) is 22.0. The van der Waals surface area contributed by atoms with Gasteiger partial charge in [0.2, 0.25) is 5.91 Å². The van der Waals surface area contributed by atoms with Crippen molar-refractivity contribution in [2.45, 2.75) is 37.7 Å². The van der Waals surface area contributed by atoms with Crippen molar-refractivity contribution in [2.75, 3.05) is 44.2 Å². The summed E-state index contributed by atoms with van der Waals surface area (Å²) in [6.07, 6.45) is 4.44. The number of hydrogen-bond acceptors (Lipinski definition) is 4. The molecule has 6 nitrogen and oxygen atoms in total. The van der Waals surface area contributed by atoms with Crippen molar-refractivity contribution in [3.8, 4) is 0 Å². The number of nitrogens with zero attached hydrogens (tertiary/aromatic N) is 3. The van der Waals surface area contributed by atoms with Gasteiger partial charge in [0.1, 0.15) is 0 Å². The van der Waals surface area contributed by atoms with E-state index in [0.29, 0.717) is 44.7 Å². The third-order valence-corrected chi connectivity index (χ3v) is 8.04. The zero-order valence-corrected chi connectivity index (χ0v) is 19.2. The smallest absolute Gasteiger partial charge is 0.253 e. The Kier molecular flexibility index (Phi) is 5.87. The topological polar surface area (TPSA) is 64.1 Å². The second kappa shape index (κ2) is 8.82. The summed E-state index contributed by atoms with van der Waals surface area (Å²) in [4.78, 5) is 32.1. The minimum Gasteiger partial charge on any atom is -0.387 e. The van der Waals surface area contributed by atoms with Gasteiger partial charge in [0.25, 0.3) is 5.91 Å². The van der Waals surface area contributed by atoms with Crippen LogP contribution in [-0.4, -0.2) is 71.6 Å². The fraction of sp³-hybridized carbons (Fsp3) is 0.481. The van der Waals surface area contributed by atoms with Crippen LogP contribution in [0.2, 0.25) is 0 Å². The summed E-state index contributed by atoms with van der Waals surface area (Å²) in [5.74, 6) is 0.103. The number of anilines is 1. The van der Waals surface area contributed by atoms with Gasteiger partial charge < -0.3 is 19.8 Å². The number of benzene rings is 2. The Balaban J connectivity index is 1.30. The van der Waals surface area contributed by atoms with Crippen LogP contribution in [0.3, 0.4) is 0 Å². The highest BCUT2D eigenvalue weighted by atomic mass is 16.3. The number of piperazine rings is 1. The largest absolute Gasteiger partial charge is 0.387 e. The number of aliphatic hydroxyl groups is 1. The SMILES string of the molecule is O=C1CN(c2ccccc2)CCN1CC1(O)CCN(C(=O)c2ccccc2)CC12CCCC2. The Labute approximate surface area is 195 Å². The number of likely N-dealkylation sites (tertiary alicyclic amines) is 1. The predicted molar refractivity (Wildman–Crippen MR) is 128 cm³/mol. The zero-order valence-electron chi connectivity index (χ0n) is 19.2. The molecule has 2 heterocycles. The summed E-state index contributed by atoms with van der Waals surface area (Å²) in [5.41, 5.74) is 0.459. The highest BCUT2D eigenvalue weighted by Crippen LogP contribution is 2.51. The van der Waals surface area contributed by atoms with Gasteiger partial charge in [0, 0.05) is 42.8 Å². The van der Waals surface area contributed by atoms with Crippen LogP contribution in [0.5, 0.6) is 0 Å². The van der Waals surface area contributed by atoms with Gasteiger partial charge in [-0.15, -0.1) is 0 Å². The van der Waals surface area contributed by atoms with E-state index in [1.54, 1.807) is 0 Å². The van der Waals surface area contributed by atoms with E-state index in [0.717, 1.165) is 37.9 Å². The molecule has 2 saturated heterocycles. The lowest BCUT2D eigenvalue weighted by atomic mass is 9.65. The van der Waals surface area contributed by atoms with Crippen molar-refractivity contribution in [2.24, 2.45) is 5.41 Å². The molecule has 1 spiro atoms. The predicted octanol–water partition coefficient (Wildman–Crippen LogP) is 3.17. The van der Waals surface area contributed by atoms with Crippen LogP contribution in [0, 0.1) is 5.41 Å². The molecule has 0 aromatic heterocycles. The second-order valence-corrected chi connectivity index (χ2v) is 9.93. The molecule has 0 bridgehead atoms. The summed E-state index contributed by atoms with van der Waals surface area (Å²) in [5, 5.41) is 12.0. The van der Waals surface area contributed by atoms with Gasteiger partial charge in [-0.1, -0.05) is 49.2 Å². The van der Waals surface area contributed by atoms with Crippen molar-refractivity contribution >= 4 is 17.5 Å². The van der Waals surface area contributed by atoms with Crippen molar-refractivity contribution in [3.63, 3.8) is 0 Å². The summed E-state index contributed by atoms with van der Waals surface area (Å²) in [6.45, 7) is 3.16. The van der Waals surface area contributed by atoms with Gasteiger partial charge in [-0.05, 0) is 43.5 Å². The van der Waals surface area contributed by atoms with E-state index in [1.807, 2.05) is 70.5 Å². The zero-order chi connectivity index (χ0) is 22.9. The third kappa shape index (κ3) is 4.12. The summed E-state index contributed by atoms with van der Waals surface area (Å²) >= 11 is 0. The molecule has 2 aromatic carbocycles. The maximum absolute atomic E-state index is 13.1. The Morgan fingerprint density at radius 1 is 0.879 bits per heavy atom. The molecule has 1 unspecified atom stereocenters. The monoisotopic (exact) mass is 447 g/mol. The summed E-state index contributed by atoms with van der Waals surface area (Å²) in [6, 6.07) is 19.4. The fourth-order valence-electron chi connectivity index (χ4n) is 6.09. The number of hydrogen-bond donors (Lipinski definition) is 1. The Bertz CT molecular complexity index is 990. The lowest BCUT2D eigenvalue weighted by Crippen LogP contribution is -2.65. The quantitative estimate of drug-likeness (QED) is 0.782. The van der Waals surface area contributed by atoms with Gasteiger partial charge in [0.05, 0.1) is 18.7 Å². The van der Waals surface area contributed by atoms with Crippen LogP contribution in [0.4, 0.5) is 5.69 Å². The van der Waals surface area contributed by atoms with E-state index >= 15 is 0 Å². The molecule has 6 heteroatoms. The number of piperidine rings is 1. The fourth-order valence-corrected chi connectivity index (χ4v) is 6.09. The van der Waals surface area contributed by atoms with E-state index in [2.05, 4.69) is 4.90 Å². The molecule has 2 amide bonds. The first-order chi connectivity index (χ1) is 16.0. The standard InChI is InChI=1S/C27H33N3O3/c31-24-19-28(23-11-5-2-6-12-23)17-18-29(24)21-27(33)15-16-30(20-26(27)13-7-8-14-26)25(32)22-9-3-1-4-10-22/h1-6,9-12,33H,7-8,13-21H2. The van der Waals surface area contributed by atoms with E-state index in [1.165, 1.54) is 0 Å². The van der Waals surface area contributed by atoms with Gasteiger partial charge in [-0.3, -0.25) is 9.59 Å². The number of β-amino-alcohol motifs (C(OH)–C–C–N with tert-alkyl or cyclic N) is 1. The molecule has 3 aliphatic rings. The van der Waals surface area contributed by atoms with Crippen LogP contribution < -0.4 is 4.90 Å². The van der Waals surface area contributed by atoms with Crippen LogP contribution in [-0.2, 0) is 4.79 Å². The van der Waals surface area contributed by atoms with E-state index < -0.39 is 5.60 Å². The number of rotatable bonds is 4. The number of para-hydroxylation sites is 1. The lowest BCUT2D eigenvalue weighted by molar-refractivity contribution is -0.155. The third-order valence-electron chi connectivity index (χ3n) is 8.04. The summed E-state index contributed by atoms with van der Waals surface area (Å²) in [7, 11) is 0. The molecule has 3 fully saturated rings. The molecule has 2 aliphatic heterocycles. The maximum Gasteiger partial charge on any atom is 0.253 e. The first-order valence-corrected chi connectivity index (χ1v) is 12.1. The molecular formula is C27H33N3O3. The van der Waals surface area contributed by atoms with Crippen molar-refractivity contribution in [1.82, 2.24) is 9.80 Å². The Morgan fingerprint density at radius 3 is 2.21 bits per heavy atom.